The Kier molecular flexibility index (Phi) is 3.66. The molecule has 0 aromatic heterocycles. The molecule has 0 aliphatic heterocycles. The summed E-state index contributed by atoms with van der Waals surface area (Å²) in [6, 6.07) is 8.52. The number of alkyl halides is 1. The zero-order chi connectivity index (χ0) is 10.7. The smallest absolute Gasteiger partial charge is 0.0617 e. The maximum atomic E-state index is 6.49. The van der Waals surface area contributed by atoms with E-state index in [1.54, 1.807) is 7.11 Å². The summed E-state index contributed by atoms with van der Waals surface area (Å²) in [6.45, 7) is 0.816. The largest absolute Gasteiger partial charge is 0.385 e. The lowest BCUT2D eigenvalue weighted by Crippen LogP contribution is -2.18. The number of methoxy groups -OCH3 is 1. The van der Waals surface area contributed by atoms with Gasteiger partial charge >= 0.3 is 0 Å². The van der Waals surface area contributed by atoms with Gasteiger partial charge in [0, 0.05) is 13.7 Å². The zero-order valence-electron chi connectivity index (χ0n) is 9.08. The van der Waals surface area contributed by atoms with Crippen LogP contribution in [0.2, 0.25) is 0 Å². The fourth-order valence-electron chi connectivity index (χ4n) is 2.33. The van der Waals surface area contributed by atoms with Gasteiger partial charge in [-0.25, -0.2) is 0 Å². The summed E-state index contributed by atoms with van der Waals surface area (Å²) in [6.07, 6.45) is 3.42. The predicted octanol–water partition coefficient (Wildman–Crippen LogP) is 3.57. The van der Waals surface area contributed by atoms with E-state index in [0.29, 0.717) is 5.92 Å². The Labute approximate surface area is 96.4 Å². The van der Waals surface area contributed by atoms with E-state index in [0.717, 1.165) is 19.4 Å². The molecular weight excluding hydrogens is 208 g/mol. The summed E-state index contributed by atoms with van der Waals surface area (Å²) >= 11 is 6.49. The highest BCUT2D eigenvalue weighted by molar-refractivity contribution is 6.21. The van der Waals surface area contributed by atoms with Crippen molar-refractivity contribution in [3.05, 3.63) is 35.4 Å². The maximum Gasteiger partial charge on any atom is 0.0617 e. The molecule has 2 atom stereocenters. The molecule has 0 N–H and O–H groups in total. The van der Waals surface area contributed by atoms with Crippen LogP contribution in [0.15, 0.2) is 24.3 Å². The second-order valence-electron chi connectivity index (χ2n) is 4.18. The Balaban J connectivity index is 2.11. The number of ether oxygens (including phenoxy) is 1. The highest BCUT2D eigenvalue weighted by Gasteiger charge is 2.26. The van der Waals surface area contributed by atoms with Gasteiger partial charge in [-0.15, -0.1) is 11.6 Å². The highest BCUT2D eigenvalue weighted by Crippen LogP contribution is 2.40. The molecule has 0 amide bonds. The van der Waals surface area contributed by atoms with Gasteiger partial charge in [-0.05, 0) is 36.3 Å². The molecule has 0 fully saturated rings. The first-order chi connectivity index (χ1) is 7.33. The first-order valence-corrected chi connectivity index (χ1v) is 5.97. The number of aryl methyl sites for hydroxylation is 1. The van der Waals surface area contributed by atoms with Crippen molar-refractivity contribution in [2.24, 2.45) is 5.92 Å². The molecule has 2 heteroatoms. The molecule has 1 aromatic carbocycles. The Morgan fingerprint density at radius 1 is 1.40 bits per heavy atom. The quantitative estimate of drug-likeness (QED) is 0.714. The molecule has 82 valence electrons. The van der Waals surface area contributed by atoms with Crippen LogP contribution < -0.4 is 0 Å². The lowest BCUT2D eigenvalue weighted by Gasteiger charge is -2.29. The first-order valence-electron chi connectivity index (χ1n) is 5.53. The van der Waals surface area contributed by atoms with Crippen molar-refractivity contribution in [2.45, 2.75) is 24.6 Å². The van der Waals surface area contributed by atoms with Crippen LogP contribution in [0.1, 0.15) is 29.3 Å². The van der Waals surface area contributed by atoms with Gasteiger partial charge in [0.15, 0.2) is 0 Å². The summed E-state index contributed by atoms with van der Waals surface area (Å²) in [4.78, 5) is 0. The third-order valence-corrected chi connectivity index (χ3v) is 3.83. The summed E-state index contributed by atoms with van der Waals surface area (Å²) in [7, 11) is 1.75. The minimum absolute atomic E-state index is 0.171. The van der Waals surface area contributed by atoms with Crippen LogP contribution in [0.4, 0.5) is 0 Å². The van der Waals surface area contributed by atoms with Gasteiger partial charge in [0.1, 0.15) is 0 Å². The van der Waals surface area contributed by atoms with Crippen LogP contribution in [-0.4, -0.2) is 13.7 Å². The van der Waals surface area contributed by atoms with Crippen LogP contribution in [0, 0.1) is 5.92 Å². The SMILES string of the molecule is COCCC1CCc2ccccc2C1Cl. The Morgan fingerprint density at radius 2 is 2.20 bits per heavy atom. The number of halogens is 1. The van der Waals surface area contributed by atoms with Crippen LogP contribution >= 0.6 is 11.6 Å². The second kappa shape index (κ2) is 5.00. The molecule has 15 heavy (non-hydrogen) atoms. The van der Waals surface area contributed by atoms with E-state index in [1.807, 2.05) is 0 Å². The third kappa shape index (κ3) is 2.35. The topological polar surface area (TPSA) is 9.23 Å². The van der Waals surface area contributed by atoms with Crippen molar-refractivity contribution in [3.63, 3.8) is 0 Å². The number of rotatable bonds is 3. The van der Waals surface area contributed by atoms with Crippen molar-refractivity contribution in [1.29, 1.82) is 0 Å². The molecular formula is C13H17ClO. The molecule has 1 aliphatic carbocycles. The van der Waals surface area contributed by atoms with Gasteiger partial charge in [0.2, 0.25) is 0 Å². The highest BCUT2D eigenvalue weighted by atomic mass is 35.5. The number of fused-ring (bicyclic) bond motifs is 1. The summed E-state index contributed by atoms with van der Waals surface area (Å²) in [5.74, 6) is 0.571. The number of hydrogen-bond donors (Lipinski definition) is 0. The molecule has 0 heterocycles. The van der Waals surface area contributed by atoms with Crippen LogP contribution in [0.25, 0.3) is 0 Å². The average Bonchev–Trinajstić information content (AvgIpc) is 2.29. The fraction of sp³-hybridized carbons (Fsp3) is 0.538. The average molecular weight is 225 g/mol. The summed E-state index contributed by atoms with van der Waals surface area (Å²) in [5, 5.41) is 0.171. The molecule has 0 saturated carbocycles. The Bertz CT molecular complexity index is 324. The van der Waals surface area contributed by atoms with Gasteiger partial charge in [-0.2, -0.15) is 0 Å². The Hall–Kier alpha value is -0.530. The van der Waals surface area contributed by atoms with Crippen LogP contribution in [-0.2, 0) is 11.2 Å². The van der Waals surface area contributed by atoms with Crippen molar-refractivity contribution in [2.75, 3.05) is 13.7 Å². The van der Waals surface area contributed by atoms with Crippen LogP contribution in [0.5, 0.6) is 0 Å². The molecule has 1 nitrogen and oxygen atoms in total. The maximum absolute atomic E-state index is 6.49. The zero-order valence-corrected chi connectivity index (χ0v) is 9.83. The van der Waals surface area contributed by atoms with E-state index in [9.17, 15) is 0 Å². The van der Waals surface area contributed by atoms with Crippen LogP contribution in [0.3, 0.4) is 0 Å². The van der Waals surface area contributed by atoms with Gasteiger partial charge in [-0.1, -0.05) is 24.3 Å². The van der Waals surface area contributed by atoms with E-state index in [1.165, 1.54) is 17.5 Å². The Morgan fingerprint density at radius 3 is 3.00 bits per heavy atom. The normalized spacial score (nSPS) is 24.9. The third-order valence-electron chi connectivity index (χ3n) is 3.24. The lowest BCUT2D eigenvalue weighted by atomic mass is 9.82. The minimum Gasteiger partial charge on any atom is -0.385 e. The number of hydrogen-bond acceptors (Lipinski definition) is 1. The van der Waals surface area contributed by atoms with Crippen molar-refractivity contribution >= 4 is 11.6 Å². The monoisotopic (exact) mass is 224 g/mol. The van der Waals surface area contributed by atoms with Gasteiger partial charge < -0.3 is 4.74 Å². The minimum atomic E-state index is 0.171. The first kappa shape index (κ1) is 11.0. The van der Waals surface area contributed by atoms with Gasteiger partial charge in [-0.3, -0.25) is 0 Å². The molecule has 0 spiro atoms. The fourth-order valence-corrected chi connectivity index (χ4v) is 2.80. The van der Waals surface area contributed by atoms with Crippen molar-refractivity contribution in [1.82, 2.24) is 0 Å². The van der Waals surface area contributed by atoms with E-state index in [4.69, 9.17) is 16.3 Å². The standard InChI is InChI=1S/C13H17ClO/c1-15-9-8-11-7-6-10-4-2-3-5-12(10)13(11)14/h2-5,11,13H,6-9H2,1H3. The molecule has 0 saturated heterocycles. The van der Waals surface area contributed by atoms with Gasteiger partial charge in [0.25, 0.3) is 0 Å². The summed E-state index contributed by atoms with van der Waals surface area (Å²) in [5.41, 5.74) is 2.75. The molecule has 1 aromatic rings. The number of benzene rings is 1. The van der Waals surface area contributed by atoms with E-state index < -0.39 is 0 Å². The van der Waals surface area contributed by atoms with E-state index >= 15 is 0 Å². The van der Waals surface area contributed by atoms with E-state index in [-0.39, 0.29) is 5.38 Å². The lowest BCUT2D eigenvalue weighted by molar-refractivity contribution is 0.172. The predicted molar refractivity (Wildman–Crippen MR) is 63.3 cm³/mol. The second-order valence-corrected chi connectivity index (χ2v) is 4.65. The van der Waals surface area contributed by atoms with Crippen molar-refractivity contribution in [3.8, 4) is 0 Å². The van der Waals surface area contributed by atoms with Gasteiger partial charge in [0.05, 0.1) is 5.38 Å². The molecule has 0 bridgehead atoms. The molecule has 0 radical (unpaired) electrons. The van der Waals surface area contributed by atoms with E-state index in [2.05, 4.69) is 24.3 Å². The molecule has 1 aliphatic rings. The van der Waals surface area contributed by atoms with Crippen molar-refractivity contribution < 1.29 is 4.74 Å². The molecule has 2 rings (SSSR count). The molecule has 2 unspecified atom stereocenters. The summed E-state index contributed by atoms with van der Waals surface area (Å²) < 4.78 is 5.12.